The number of imide groups is 1. The van der Waals surface area contributed by atoms with Crippen LogP contribution in [0.5, 0.6) is 0 Å². The van der Waals surface area contributed by atoms with Gasteiger partial charge < -0.3 is 10.6 Å². The van der Waals surface area contributed by atoms with Gasteiger partial charge in [0.2, 0.25) is 5.91 Å². The molecule has 1 unspecified atom stereocenters. The van der Waals surface area contributed by atoms with Gasteiger partial charge in [-0.25, -0.2) is 4.79 Å². The van der Waals surface area contributed by atoms with Crippen molar-refractivity contribution in [1.82, 2.24) is 10.2 Å². The number of urea groups is 1. The van der Waals surface area contributed by atoms with Crippen LogP contribution in [0.1, 0.15) is 17.2 Å². The number of hydrogen-bond donors (Lipinski definition) is 2. The van der Waals surface area contributed by atoms with Gasteiger partial charge in [0, 0.05) is 0 Å². The van der Waals surface area contributed by atoms with Crippen LogP contribution >= 0.6 is 0 Å². The Bertz CT molecular complexity index is 884. The third-order valence-corrected chi connectivity index (χ3v) is 3.97. The highest BCUT2D eigenvalue weighted by molar-refractivity contribution is 6.08. The molecule has 4 amide bonds. The first kappa shape index (κ1) is 18.4. The van der Waals surface area contributed by atoms with Crippen molar-refractivity contribution in [3.63, 3.8) is 0 Å². The molecule has 3 rings (SSSR count). The topological polar surface area (TPSA) is 78.5 Å². The van der Waals surface area contributed by atoms with E-state index in [9.17, 15) is 27.6 Å². The zero-order chi connectivity index (χ0) is 19.6. The molecule has 0 radical (unpaired) electrons. The number of hydrogen-bond acceptors (Lipinski definition) is 3. The van der Waals surface area contributed by atoms with Crippen molar-refractivity contribution in [3.8, 4) is 0 Å². The monoisotopic (exact) mass is 377 g/mol. The Balaban J connectivity index is 1.72. The fourth-order valence-corrected chi connectivity index (χ4v) is 2.71. The summed E-state index contributed by atoms with van der Waals surface area (Å²) in [4.78, 5) is 37.2. The van der Waals surface area contributed by atoms with Crippen LogP contribution in [0, 0.1) is 0 Å². The van der Waals surface area contributed by atoms with Crippen molar-refractivity contribution in [1.29, 1.82) is 0 Å². The molecule has 1 atom stereocenters. The van der Waals surface area contributed by atoms with Crippen molar-refractivity contribution >= 4 is 23.5 Å². The first-order valence-corrected chi connectivity index (χ1v) is 7.90. The Morgan fingerprint density at radius 1 is 1.04 bits per heavy atom. The van der Waals surface area contributed by atoms with Crippen LogP contribution in [0.25, 0.3) is 0 Å². The molecular formula is C18H14F3N3O3. The van der Waals surface area contributed by atoms with Crippen LogP contribution < -0.4 is 10.6 Å². The summed E-state index contributed by atoms with van der Waals surface area (Å²) < 4.78 is 39.0. The maximum Gasteiger partial charge on any atom is 0.418 e. The molecule has 9 heteroatoms. The highest BCUT2D eigenvalue weighted by atomic mass is 19.4. The number of rotatable bonds is 4. The molecule has 1 fully saturated rings. The molecule has 2 N–H and O–H groups in total. The minimum Gasteiger partial charge on any atom is -0.324 e. The number of alkyl halides is 3. The third-order valence-electron chi connectivity index (χ3n) is 3.97. The van der Waals surface area contributed by atoms with Gasteiger partial charge in [-0.05, 0) is 17.7 Å². The first-order valence-electron chi connectivity index (χ1n) is 7.90. The Morgan fingerprint density at radius 3 is 2.33 bits per heavy atom. The average Bonchev–Trinajstić information content (AvgIpc) is 2.90. The summed E-state index contributed by atoms with van der Waals surface area (Å²) in [5.74, 6) is -1.56. The third kappa shape index (κ3) is 3.91. The fourth-order valence-electron chi connectivity index (χ4n) is 2.71. The molecule has 140 valence electrons. The van der Waals surface area contributed by atoms with Crippen LogP contribution in [0.4, 0.5) is 23.7 Å². The van der Waals surface area contributed by atoms with Gasteiger partial charge in [0.15, 0.2) is 0 Å². The number of nitrogens with one attached hydrogen (secondary N) is 2. The Hall–Kier alpha value is -3.36. The first-order chi connectivity index (χ1) is 12.8. The van der Waals surface area contributed by atoms with Crippen LogP contribution in [0.2, 0.25) is 0 Å². The quantitative estimate of drug-likeness (QED) is 0.805. The molecule has 0 aliphatic carbocycles. The summed E-state index contributed by atoms with van der Waals surface area (Å²) >= 11 is 0. The molecule has 27 heavy (non-hydrogen) atoms. The lowest BCUT2D eigenvalue weighted by atomic mass is 10.1. The second-order valence-electron chi connectivity index (χ2n) is 5.81. The van der Waals surface area contributed by atoms with Crippen molar-refractivity contribution < 1.29 is 27.6 Å². The van der Waals surface area contributed by atoms with E-state index in [0.29, 0.717) is 10.5 Å². The number of para-hydroxylation sites is 1. The van der Waals surface area contributed by atoms with Crippen LogP contribution in [0.15, 0.2) is 54.6 Å². The molecule has 2 aromatic rings. The Kier molecular flexibility index (Phi) is 4.85. The lowest BCUT2D eigenvalue weighted by Gasteiger charge is -2.16. The highest BCUT2D eigenvalue weighted by Gasteiger charge is 2.40. The van der Waals surface area contributed by atoms with Crippen molar-refractivity contribution in [3.05, 3.63) is 65.7 Å². The van der Waals surface area contributed by atoms with E-state index in [1.165, 1.54) is 12.1 Å². The maximum absolute atomic E-state index is 13.0. The molecule has 1 heterocycles. The van der Waals surface area contributed by atoms with Crippen molar-refractivity contribution in [2.45, 2.75) is 12.2 Å². The summed E-state index contributed by atoms with van der Waals surface area (Å²) in [5.41, 5.74) is -0.916. The molecule has 0 bridgehead atoms. The van der Waals surface area contributed by atoms with E-state index in [4.69, 9.17) is 0 Å². The van der Waals surface area contributed by atoms with Gasteiger partial charge in [0.25, 0.3) is 5.91 Å². The lowest BCUT2D eigenvalue weighted by molar-refractivity contribution is -0.137. The molecule has 1 saturated heterocycles. The van der Waals surface area contributed by atoms with Gasteiger partial charge in [-0.3, -0.25) is 14.5 Å². The molecule has 1 aliphatic rings. The zero-order valence-electron chi connectivity index (χ0n) is 13.8. The van der Waals surface area contributed by atoms with E-state index in [2.05, 4.69) is 10.6 Å². The van der Waals surface area contributed by atoms with Crippen molar-refractivity contribution in [2.24, 2.45) is 0 Å². The fraction of sp³-hybridized carbons (Fsp3) is 0.167. The van der Waals surface area contributed by atoms with E-state index in [-0.39, 0.29) is 0 Å². The van der Waals surface area contributed by atoms with Gasteiger partial charge in [0.1, 0.15) is 12.6 Å². The number of carbonyl (C=O) groups is 3. The zero-order valence-corrected chi connectivity index (χ0v) is 13.8. The number of nitrogens with zero attached hydrogens (tertiary/aromatic N) is 1. The number of carbonyl (C=O) groups excluding carboxylic acids is 3. The molecule has 0 spiro atoms. The second-order valence-corrected chi connectivity index (χ2v) is 5.81. The average molecular weight is 377 g/mol. The predicted octanol–water partition coefficient (Wildman–Crippen LogP) is 2.94. The normalized spacial score (nSPS) is 17.0. The lowest BCUT2D eigenvalue weighted by Crippen LogP contribution is -2.38. The molecule has 0 saturated carbocycles. The molecule has 6 nitrogen and oxygen atoms in total. The SMILES string of the molecule is O=C(CN1C(=O)NC(c2ccccc2)C1=O)Nc1ccccc1C(F)(F)F. The van der Waals surface area contributed by atoms with Gasteiger partial charge in [-0.15, -0.1) is 0 Å². The number of amides is 4. The standard InChI is InChI=1S/C18H14F3N3O3/c19-18(20,21)12-8-4-5-9-13(12)22-14(25)10-24-16(26)15(23-17(24)27)11-6-2-1-3-7-11/h1-9,15H,10H2,(H,22,25)(H,23,27). The number of anilines is 1. The number of benzene rings is 2. The van der Waals surface area contributed by atoms with E-state index in [1.54, 1.807) is 30.3 Å². The second kappa shape index (κ2) is 7.10. The molecular weight excluding hydrogens is 363 g/mol. The maximum atomic E-state index is 13.0. The Morgan fingerprint density at radius 2 is 1.67 bits per heavy atom. The smallest absolute Gasteiger partial charge is 0.324 e. The van der Waals surface area contributed by atoms with Gasteiger partial charge in [-0.2, -0.15) is 13.2 Å². The number of halogens is 3. The van der Waals surface area contributed by atoms with Gasteiger partial charge >= 0.3 is 12.2 Å². The van der Waals surface area contributed by atoms with E-state index >= 15 is 0 Å². The van der Waals surface area contributed by atoms with Crippen LogP contribution in [-0.4, -0.2) is 29.3 Å². The molecule has 2 aromatic carbocycles. The van der Waals surface area contributed by atoms with Gasteiger partial charge in [0.05, 0.1) is 11.3 Å². The largest absolute Gasteiger partial charge is 0.418 e. The Labute approximate surface area is 152 Å². The van der Waals surface area contributed by atoms with E-state index in [0.717, 1.165) is 12.1 Å². The van der Waals surface area contributed by atoms with Crippen molar-refractivity contribution in [2.75, 3.05) is 11.9 Å². The van der Waals surface area contributed by atoms with Crippen LogP contribution in [0.3, 0.4) is 0 Å². The van der Waals surface area contributed by atoms with E-state index in [1.807, 2.05) is 0 Å². The predicted molar refractivity (Wildman–Crippen MR) is 89.5 cm³/mol. The minimum absolute atomic E-state index is 0.443. The summed E-state index contributed by atoms with van der Waals surface area (Å²) in [6.07, 6.45) is -4.65. The molecule has 0 aromatic heterocycles. The summed E-state index contributed by atoms with van der Waals surface area (Å²) in [5, 5.41) is 4.56. The van der Waals surface area contributed by atoms with Gasteiger partial charge in [-0.1, -0.05) is 42.5 Å². The van der Waals surface area contributed by atoms with E-state index < -0.39 is 47.9 Å². The summed E-state index contributed by atoms with van der Waals surface area (Å²) in [6.45, 7) is -0.694. The summed E-state index contributed by atoms with van der Waals surface area (Å²) in [6, 6.07) is 11.2. The minimum atomic E-state index is -4.65. The molecule has 1 aliphatic heterocycles. The summed E-state index contributed by atoms with van der Waals surface area (Å²) in [7, 11) is 0. The van der Waals surface area contributed by atoms with Crippen LogP contribution in [-0.2, 0) is 15.8 Å². The highest BCUT2D eigenvalue weighted by Crippen LogP contribution is 2.34.